The number of amides is 4. The van der Waals surface area contributed by atoms with Gasteiger partial charge in [-0.1, -0.05) is 61.9 Å². The fourth-order valence-electron chi connectivity index (χ4n) is 19.5. The average molecular weight is 1750 g/mol. The number of benzene rings is 4. The number of piperidine rings is 4. The molecule has 2 aliphatic carbocycles. The fourth-order valence-corrected chi connectivity index (χ4v) is 19.5. The molecule has 0 spiro atoms. The van der Waals surface area contributed by atoms with Crippen molar-refractivity contribution >= 4 is 23.6 Å². The number of rotatable bonds is 13. The van der Waals surface area contributed by atoms with Crippen molar-refractivity contribution in [1.29, 1.82) is 0 Å². The number of aromatic amines is 4. The third kappa shape index (κ3) is 19.6. The summed E-state index contributed by atoms with van der Waals surface area (Å²) in [6.07, 6.45) is -5.68. The van der Waals surface area contributed by atoms with Crippen molar-refractivity contribution in [3.8, 4) is 0 Å². The maximum atomic E-state index is 14.0. The molecule has 8 aromatic rings. The number of fused-ring (bicyclic) bond motifs is 4. The summed E-state index contributed by atoms with van der Waals surface area (Å²) in [5, 5.41) is 29.1. The monoisotopic (exact) mass is 1750 g/mol. The molecule has 4 amide bonds. The van der Waals surface area contributed by atoms with Gasteiger partial charge in [-0.15, -0.1) is 0 Å². The molecule has 0 atom stereocenters. The number of nitrogens with one attached hydrogen (secondary N) is 4. The molecule has 36 heteroatoms. The summed E-state index contributed by atoms with van der Waals surface area (Å²) in [5.41, 5.74) is 4.61. The van der Waals surface area contributed by atoms with Crippen molar-refractivity contribution in [2.24, 2.45) is 5.92 Å². The molecule has 0 unspecified atom stereocenters. The molecule has 12 heterocycles. The first-order chi connectivity index (χ1) is 59.2. The topological polar surface area (TPSA) is 209 Å². The molecule has 4 aromatic carbocycles. The van der Waals surface area contributed by atoms with Gasteiger partial charge in [-0.25, -0.2) is 17.6 Å². The summed E-state index contributed by atoms with van der Waals surface area (Å²) in [6.45, 7) is 13.3. The zero-order chi connectivity index (χ0) is 87.8. The van der Waals surface area contributed by atoms with E-state index in [0.29, 0.717) is 139 Å². The van der Waals surface area contributed by atoms with Gasteiger partial charge in [0.2, 0.25) is 0 Å². The third-order valence-electron chi connectivity index (χ3n) is 26.5. The van der Waals surface area contributed by atoms with Crippen LogP contribution in [0.3, 0.4) is 0 Å². The predicted molar refractivity (Wildman–Crippen MR) is 424 cm³/mol. The first-order valence-electron chi connectivity index (χ1n) is 42.9. The molecule has 0 radical (unpaired) electrons. The van der Waals surface area contributed by atoms with Crippen LogP contribution >= 0.6 is 0 Å². The quantitative estimate of drug-likeness (QED) is 0.0795. The standard InChI is InChI=1S/2C23H26F4N4O.C22H26F4N4O.C20H22F4N4O/c24-18-6-2-5-16(20(18)23(25,26)27)14-7-10-30(11-8-14)22(32)21-17-9-12-31(15-3-1-4-15)13-19(17)28-29-21;24-18-3-1-2-16(20(18)23(25,26)27)15-6-10-31(11-7-15)22(32)21-17-8-9-30(12-14-4-5-14)13-19(17)28-29-21;1-2-9-29-10-8-16-18(13-29)27-28-20(16)21(31)30-11-6-14(7-12-30)15-4-3-5-17(23)19(15)22(24,25)26;1-27-8-7-14-16(11-27)25-26-18(14)19(29)28-9-5-12(6-10-28)13-3-2-4-15(21)17(13)20(22,23)24/h2,5-6,14-15H,1,3-4,7-13H2,(H,28,29);1-3,14-15H,4-13H2,(H,28,29);3-5,14H,2,6-13H2,1H3,(H,27,28);2-4,12H,5-11H2,1H3,(H,25,26). The maximum absolute atomic E-state index is 14.0. The number of nitrogens with zero attached hydrogens (tertiary/aromatic N) is 12. The zero-order valence-electron chi connectivity index (χ0n) is 68.9. The van der Waals surface area contributed by atoms with E-state index in [9.17, 15) is 89.4 Å². The van der Waals surface area contributed by atoms with Gasteiger partial charge < -0.3 is 24.5 Å². The van der Waals surface area contributed by atoms with E-state index in [1.807, 2.05) is 7.05 Å². The Morgan fingerprint density at radius 2 is 0.653 bits per heavy atom. The normalized spacial score (nSPS) is 19.6. The number of alkyl halides is 12. The van der Waals surface area contributed by atoms with Crippen molar-refractivity contribution in [2.45, 2.75) is 203 Å². The molecule has 8 aliphatic heterocycles. The Kier molecular flexibility index (Phi) is 26.7. The van der Waals surface area contributed by atoms with E-state index in [0.717, 1.165) is 166 Å². The van der Waals surface area contributed by atoms with Gasteiger partial charge in [0, 0.05) is 140 Å². The molecule has 6 fully saturated rings. The van der Waals surface area contributed by atoms with E-state index in [4.69, 9.17) is 0 Å². The highest BCUT2D eigenvalue weighted by atomic mass is 19.4. The van der Waals surface area contributed by atoms with Crippen LogP contribution in [0.5, 0.6) is 0 Å². The van der Waals surface area contributed by atoms with Gasteiger partial charge in [0.25, 0.3) is 23.6 Å². The van der Waals surface area contributed by atoms with Crippen molar-refractivity contribution < 1.29 is 89.4 Å². The first kappa shape index (κ1) is 89.2. The molecule has 0 bridgehead atoms. The van der Waals surface area contributed by atoms with E-state index in [1.165, 1.54) is 80.6 Å². The number of carbonyl (C=O) groups is 4. The summed E-state index contributed by atoms with van der Waals surface area (Å²) < 4.78 is 216. The van der Waals surface area contributed by atoms with Crippen LogP contribution in [0.15, 0.2) is 72.8 Å². The molecule has 4 aromatic heterocycles. The minimum atomic E-state index is -4.74. The summed E-state index contributed by atoms with van der Waals surface area (Å²) in [4.78, 5) is 68.1. The summed E-state index contributed by atoms with van der Waals surface area (Å²) in [5.74, 6) is -6.65. The number of likely N-dealkylation sites (tertiary alicyclic amines) is 4. The van der Waals surface area contributed by atoms with Crippen LogP contribution in [0.1, 0.15) is 252 Å². The van der Waals surface area contributed by atoms with Crippen LogP contribution in [0.2, 0.25) is 0 Å². The lowest BCUT2D eigenvalue weighted by molar-refractivity contribution is -0.141. The van der Waals surface area contributed by atoms with E-state index in [2.05, 4.69) is 67.3 Å². The summed E-state index contributed by atoms with van der Waals surface area (Å²) in [7, 11) is 2.00. The first-order valence-corrected chi connectivity index (χ1v) is 42.9. The minimum absolute atomic E-state index is 0.0159. The largest absolute Gasteiger partial charge is 0.419 e. The molecule has 20 nitrogen and oxygen atoms in total. The lowest BCUT2D eigenvalue weighted by atomic mass is 9.86. The molecular formula is C88H100F16N16O4. The van der Waals surface area contributed by atoms with Crippen LogP contribution in [0.25, 0.3) is 0 Å². The van der Waals surface area contributed by atoms with Crippen LogP contribution in [0, 0.1) is 29.2 Å². The van der Waals surface area contributed by atoms with Crippen LogP contribution in [-0.4, -0.2) is 208 Å². The van der Waals surface area contributed by atoms with Gasteiger partial charge in [-0.3, -0.25) is 54.3 Å². The Balaban J connectivity index is 0.000000128. The number of aromatic nitrogens is 8. The summed E-state index contributed by atoms with van der Waals surface area (Å²) in [6, 6.07) is 14.7. The van der Waals surface area contributed by atoms with E-state index in [-0.39, 0.29) is 45.9 Å². The number of H-pyrrole nitrogens is 4. The molecule has 4 N–H and O–H groups in total. The van der Waals surface area contributed by atoms with Crippen molar-refractivity contribution in [2.75, 3.05) is 98.7 Å². The highest BCUT2D eigenvalue weighted by Gasteiger charge is 2.46. The van der Waals surface area contributed by atoms with Gasteiger partial charge in [-0.2, -0.15) is 73.1 Å². The number of likely N-dealkylation sites (N-methyl/N-ethyl adjacent to an activating group) is 1. The second-order valence-electron chi connectivity index (χ2n) is 34.4. The Labute approximate surface area is 706 Å². The van der Waals surface area contributed by atoms with Gasteiger partial charge in [0.15, 0.2) is 22.8 Å². The second kappa shape index (κ2) is 37.1. The van der Waals surface area contributed by atoms with Gasteiger partial charge >= 0.3 is 24.7 Å². The maximum Gasteiger partial charge on any atom is 0.419 e. The van der Waals surface area contributed by atoms with Crippen LogP contribution in [0.4, 0.5) is 70.2 Å². The van der Waals surface area contributed by atoms with Gasteiger partial charge in [-0.05, 0) is 199 Å². The molecule has 18 rings (SSSR count). The molecule has 10 aliphatic rings. The smallest absolute Gasteiger partial charge is 0.337 e. The van der Waals surface area contributed by atoms with Crippen LogP contribution in [-0.2, 0) is 76.6 Å². The highest BCUT2D eigenvalue weighted by molar-refractivity contribution is 5.96. The molecular weight excluding hydrogens is 1650 g/mol. The highest BCUT2D eigenvalue weighted by Crippen LogP contribution is 2.47. The number of hydrogen-bond donors (Lipinski definition) is 4. The molecule has 2 saturated carbocycles. The Hall–Kier alpha value is -9.68. The molecule has 4 saturated heterocycles. The second-order valence-corrected chi connectivity index (χ2v) is 34.4. The van der Waals surface area contributed by atoms with Crippen molar-refractivity contribution in [3.63, 3.8) is 0 Å². The average Bonchev–Trinajstić information content (AvgIpc) is 1.32. The fraction of sp³-hybridized carbons (Fsp3) is 0.545. The van der Waals surface area contributed by atoms with Crippen molar-refractivity contribution in [1.82, 2.24) is 80.0 Å². The number of carbonyl (C=O) groups excluding carboxylic acids is 4. The molecule has 668 valence electrons. The van der Waals surface area contributed by atoms with E-state index >= 15 is 0 Å². The lowest BCUT2D eigenvalue weighted by Gasteiger charge is -2.39. The van der Waals surface area contributed by atoms with Crippen molar-refractivity contribution in [3.05, 3.63) is 208 Å². The number of hydrogen-bond acceptors (Lipinski definition) is 12. The SMILES string of the molecule is CCCN1CCc2c(C(=O)N3CCC(c4cccc(F)c4C(F)(F)F)CC3)n[nH]c2C1.CN1CCc2c(C(=O)N3CCC(c4cccc(F)c4C(F)(F)F)CC3)n[nH]c2C1.O=C(c1n[nH]c2c1CCN(C1CCC1)C2)N1CCC(c2cccc(F)c2C(F)(F)F)CC1.O=C(c1n[nH]c2c1CCN(CC1CC1)C2)N1CCC(c2cccc(F)c2C(F)(F)F)CC1. The predicted octanol–water partition coefficient (Wildman–Crippen LogP) is 16.8. The minimum Gasteiger partial charge on any atom is -0.337 e. The Morgan fingerprint density at radius 3 is 0.952 bits per heavy atom. The Morgan fingerprint density at radius 1 is 0.363 bits per heavy atom. The van der Waals surface area contributed by atoms with Gasteiger partial charge in [0.1, 0.15) is 23.3 Å². The van der Waals surface area contributed by atoms with Crippen LogP contribution < -0.4 is 0 Å². The zero-order valence-corrected chi connectivity index (χ0v) is 68.9. The number of halogens is 16. The van der Waals surface area contributed by atoms with Gasteiger partial charge in [0.05, 0.1) is 45.0 Å². The third-order valence-corrected chi connectivity index (χ3v) is 26.5. The Bertz CT molecular complexity index is 5130. The van der Waals surface area contributed by atoms with E-state index < -0.39 is 93.9 Å². The van der Waals surface area contributed by atoms with E-state index in [1.54, 1.807) is 19.6 Å². The summed E-state index contributed by atoms with van der Waals surface area (Å²) >= 11 is 0. The lowest BCUT2D eigenvalue weighted by Crippen LogP contribution is -2.43. The molecule has 124 heavy (non-hydrogen) atoms.